The van der Waals surface area contributed by atoms with Crippen molar-refractivity contribution in [3.63, 3.8) is 0 Å². The highest BCUT2D eigenvalue weighted by Gasteiger charge is 2.11. The fourth-order valence-electron chi connectivity index (χ4n) is 0.659. The predicted octanol–water partition coefficient (Wildman–Crippen LogP) is 1.66. The molecule has 1 aromatic rings. The van der Waals surface area contributed by atoms with Gasteiger partial charge in [0.05, 0.1) is 16.0 Å². The normalized spacial score (nSPS) is 11.8. The molecule has 1 heterocycles. The summed E-state index contributed by atoms with van der Waals surface area (Å²) in [6, 6.07) is -0.268. The number of carbonyl (C=O) groups is 1. The number of terminal acetylenes is 1. The Morgan fingerprint density at radius 3 is 3.08 bits per heavy atom. The van der Waals surface area contributed by atoms with Crippen molar-refractivity contribution in [1.82, 2.24) is 10.3 Å². The van der Waals surface area contributed by atoms with Crippen LogP contribution < -0.4 is 5.32 Å². The maximum atomic E-state index is 11.3. The molecule has 0 spiro atoms. The van der Waals surface area contributed by atoms with Gasteiger partial charge in [-0.3, -0.25) is 4.79 Å². The monoisotopic (exact) mass is 258 g/mol. The Hall–Kier alpha value is -0.860. The second-order valence-electron chi connectivity index (χ2n) is 2.33. The summed E-state index contributed by atoms with van der Waals surface area (Å²) in [5.74, 6) is 2.17. The SMILES string of the molecule is C#CC(C)NC(=O)c1ncc(Br)s1. The summed E-state index contributed by atoms with van der Waals surface area (Å²) in [6.45, 7) is 1.74. The van der Waals surface area contributed by atoms with Crippen LogP contribution in [0.1, 0.15) is 16.7 Å². The van der Waals surface area contributed by atoms with E-state index in [1.165, 1.54) is 11.3 Å². The van der Waals surface area contributed by atoms with Crippen LogP contribution in [0.5, 0.6) is 0 Å². The molecule has 1 N–H and O–H groups in total. The van der Waals surface area contributed by atoms with Crippen LogP contribution >= 0.6 is 27.3 Å². The van der Waals surface area contributed by atoms with Crippen LogP contribution in [0.25, 0.3) is 0 Å². The van der Waals surface area contributed by atoms with Gasteiger partial charge in [0.1, 0.15) is 0 Å². The van der Waals surface area contributed by atoms with Gasteiger partial charge < -0.3 is 5.32 Å². The number of hydrogen-bond acceptors (Lipinski definition) is 3. The molecule has 0 saturated carbocycles. The zero-order chi connectivity index (χ0) is 9.84. The maximum absolute atomic E-state index is 11.3. The smallest absolute Gasteiger partial charge is 0.281 e. The van der Waals surface area contributed by atoms with Gasteiger partial charge in [-0.05, 0) is 22.9 Å². The number of halogens is 1. The third-order valence-corrected chi connectivity index (χ3v) is 2.74. The van der Waals surface area contributed by atoms with E-state index in [4.69, 9.17) is 6.42 Å². The molecular weight excluding hydrogens is 252 g/mol. The summed E-state index contributed by atoms with van der Waals surface area (Å²) in [5, 5.41) is 3.02. The first-order valence-corrected chi connectivity index (χ1v) is 5.12. The number of nitrogens with one attached hydrogen (secondary N) is 1. The Bertz CT molecular complexity index is 355. The molecule has 0 fully saturated rings. The standard InChI is InChI=1S/C8H7BrN2OS/c1-3-5(2)11-7(12)8-10-4-6(9)13-8/h1,4-5H,2H3,(H,11,12). The van der Waals surface area contributed by atoms with Crippen LogP contribution in [0, 0.1) is 12.3 Å². The van der Waals surface area contributed by atoms with Crippen molar-refractivity contribution in [1.29, 1.82) is 0 Å². The van der Waals surface area contributed by atoms with Gasteiger partial charge in [-0.1, -0.05) is 5.92 Å². The molecule has 0 aliphatic rings. The van der Waals surface area contributed by atoms with E-state index in [-0.39, 0.29) is 11.9 Å². The van der Waals surface area contributed by atoms with Crippen LogP contribution in [-0.4, -0.2) is 16.9 Å². The Morgan fingerprint density at radius 2 is 2.62 bits per heavy atom. The second-order valence-corrected chi connectivity index (χ2v) is 4.74. The van der Waals surface area contributed by atoms with E-state index >= 15 is 0 Å². The minimum Gasteiger partial charge on any atom is -0.337 e. The van der Waals surface area contributed by atoms with Gasteiger partial charge in [0.15, 0.2) is 5.01 Å². The third-order valence-electron chi connectivity index (χ3n) is 1.27. The van der Waals surface area contributed by atoms with Crippen molar-refractivity contribution in [2.24, 2.45) is 0 Å². The fourth-order valence-corrected chi connectivity index (χ4v) is 1.77. The second kappa shape index (κ2) is 4.40. The van der Waals surface area contributed by atoms with Gasteiger partial charge in [0.2, 0.25) is 0 Å². The lowest BCUT2D eigenvalue weighted by Gasteiger charge is -2.04. The van der Waals surface area contributed by atoms with Gasteiger partial charge in [-0.2, -0.15) is 0 Å². The molecule has 1 atom stereocenters. The van der Waals surface area contributed by atoms with Crippen LogP contribution in [-0.2, 0) is 0 Å². The first kappa shape index (κ1) is 10.2. The zero-order valence-corrected chi connectivity index (χ0v) is 9.28. The van der Waals surface area contributed by atoms with Crippen molar-refractivity contribution in [3.8, 4) is 12.3 Å². The Balaban J connectivity index is 2.65. The maximum Gasteiger partial charge on any atom is 0.281 e. The molecule has 0 aliphatic heterocycles. The Morgan fingerprint density at radius 1 is 1.92 bits per heavy atom. The lowest BCUT2D eigenvalue weighted by molar-refractivity contribution is 0.0948. The van der Waals surface area contributed by atoms with E-state index in [0.29, 0.717) is 5.01 Å². The molecular formula is C8H7BrN2OS. The molecule has 1 amide bonds. The molecule has 0 bridgehead atoms. The molecule has 1 rings (SSSR count). The van der Waals surface area contributed by atoms with Gasteiger partial charge in [0, 0.05) is 0 Å². The molecule has 13 heavy (non-hydrogen) atoms. The summed E-state index contributed by atoms with van der Waals surface area (Å²) in [4.78, 5) is 15.2. The number of carbonyl (C=O) groups excluding carboxylic acids is 1. The number of nitrogens with zero attached hydrogens (tertiary/aromatic N) is 1. The number of rotatable bonds is 2. The summed E-state index contributed by atoms with van der Waals surface area (Å²) in [5.41, 5.74) is 0. The molecule has 5 heteroatoms. The molecule has 1 aromatic heterocycles. The molecule has 3 nitrogen and oxygen atoms in total. The average molecular weight is 259 g/mol. The van der Waals surface area contributed by atoms with E-state index in [0.717, 1.165) is 3.79 Å². The summed E-state index contributed by atoms with van der Waals surface area (Å²) in [7, 11) is 0. The van der Waals surface area contributed by atoms with Crippen molar-refractivity contribution in [2.45, 2.75) is 13.0 Å². The predicted molar refractivity (Wildman–Crippen MR) is 55.6 cm³/mol. The fraction of sp³-hybridized carbons (Fsp3) is 0.250. The van der Waals surface area contributed by atoms with Gasteiger partial charge in [0.25, 0.3) is 5.91 Å². The Labute approximate surface area is 88.7 Å². The molecule has 0 aliphatic carbocycles. The minimum atomic E-state index is -0.268. The van der Waals surface area contributed by atoms with Crippen LogP contribution in [0.3, 0.4) is 0 Å². The summed E-state index contributed by atoms with van der Waals surface area (Å²) in [6.07, 6.45) is 6.70. The molecule has 0 radical (unpaired) electrons. The lowest BCUT2D eigenvalue weighted by atomic mass is 10.3. The molecule has 0 saturated heterocycles. The van der Waals surface area contributed by atoms with Gasteiger partial charge in [-0.25, -0.2) is 4.98 Å². The minimum absolute atomic E-state index is 0.235. The third kappa shape index (κ3) is 2.83. The number of thiazole rings is 1. The van der Waals surface area contributed by atoms with E-state index in [1.54, 1.807) is 13.1 Å². The van der Waals surface area contributed by atoms with Crippen LogP contribution in [0.15, 0.2) is 9.98 Å². The highest BCUT2D eigenvalue weighted by molar-refractivity contribution is 9.11. The van der Waals surface area contributed by atoms with E-state index in [9.17, 15) is 4.79 Å². The van der Waals surface area contributed by atoms with Crippen LogP contribution in [0.4, 0.5) is 0 Å². The quantitative estimate of drug-likeness (QED) is 0.820. The van der Waals surface area contributed by atoms with Crippen molar-refractivity contribution in [2.75, 3.05) is 0 Å². The number of hydrogen-bond donors (Lipinski definition) is 1. The molecule has 68 valence electrons. The lowest BCUT2D eigenvalue weighted by Crippen LogP contribution is -2.31. The summed E-state index contributed by atoms with van der Waals surface area (Å²) >= 11 is 4.49. The van der Waals surface area contributed by atoms with Gasteiger partial charge in [-0.15, -0.1) is 17.8 Å². The van der Waals surface area contributed by atoms with E-state index in [2.05, 4.69) is 32.2 Å². The van der Waals surface area contributed by atoms with Gasteiger partial charge >= 0.3 is 0 Å². The number of amides is 1. The largest absolute Gasteiger partial charge is 0.337 e. The van der Waals surface area contributed by atoms with E-state index < -0.39 is 0 Å². The summed E-state index contributed by atoms with van der Waals surface area (Å²) < 4.78 is 0.825. The Kier molecular flexibility index (Phi) is 3.46. The topological polar surface area (TPSA) is 42.0 Å². The van der Waals surface area contributed by atoms with Crippen LogP contribution in [0.2, 0.25) is 0 Å². The number of aromatic nitrogens is 1. The highest BCUT2D eigenvalue weighted by Crippen LogP contribution is 2.18. The average Bonchev–Trinajstić information content (AvgIpc) is 2.51. The van der Waals surface area contributed by atoms with Crippen molar-refractivity contribution < 1.29 is 4.79 Å². The van der Waals surface area contributed by atoms with Crippen molar-refractivity contribution in [3.05, 3.63) is 15.0 Å². The molecule has 1 unspecified atom stereocenters. The first-order chi connectivity index (χ1) is 6.13. The van der Waals surface area contributed by atoms with Crippen molar-refractivity contribution >= 4 is 33.2 Å². The first-order valence-electron chi connectivity index (χ1n) is 3.52. The zero-order valence-electron chi connectivity index (χ0n) is 6.87. The molecule has 0 aromatic carbocycles. The highest BCUT2D eigenvalue weighted by atomic mass is 79.9. The van der Waals surface area contributed by atoms with E-state index in [1.807, 2.05) is 0 Å².